The van der Waals surface area contributed by atoms with E-state index < -0.39 is 0 Å². The van der Waals surface area contributed by atoms with E-state index in [1.54, 1.807) is 4.90 Å². The molecule has 0 spiro atoms. The number of nitrogens with zero attached hydrogens (tertiary/aromatic N) is 3. The molecule has 1 aliphatic rings. The molecular formula is C27H29N3O2S2. The molecule has 1 aliphatic heterocycles. The van der Waals surface area contributed by atoms with E-state index >= 15 is 0 Å². The predicted molar refractivity (Wildman–Crippen MR) is 144 cm³/mol. The van der Waals surface area contributed by atoms with Crippen LogP contribution in [0.3, 0.4) is 0 Å². The van der Waals surface area contributed by atoms with Gasteiger partial charge in [-0.05, 0) is 68.7 Å². The van der Waals surface area contributed by atoms with Crippen LogP contribution >= 0.6 is 24.0 Å². The average Bonchev–Trinajstić information content (AvgIpc) is 3.38. The Bertz CT molecular complexity index is 1230. The van der Waals surface area contributed by atoms with E-state index in [0.717, 1.165) is 46.7 Å². The number of carbonyl (C=O) groups is 1. The Morgan fingerprint density at radius 2 is 1.94 bits per heavy atom. The van der Waals surface area contributed by atoms with Gasteiger partial charge in [0.25, 0.3) is 5.91 Å². The summed E-state index contributed by atoms with van der Waals surface area (Å²) in [5, 5.41) is 4.92. The summed E-state index contributed by atoms with van der Waals surface area (Å²) in [6, 6.07) is 16.1. The van der Waals surface area contributed by atoms with Gasteiger partial charge in [-0.1, -0.05) is 56.0 Å². The third-order valence-corrected chi connectivity index (χ3v) is 7.16. The van der Waals surface area contributed by atoms with Crippen LogP contribution in [0.2, 0.25) is 0 Å². The highest BCUT2D eigenvalue weighted by molar-refractivity contribution is 8.26. The summed E-state index contributed by atoms with van der Waals surface area (Å²) in [5.41, 5.74) is 4.71. The molecule has 0 radical (unpaired) electrons. The van der Waals surface area contributed by atoms with E-state index in [-0.39, 0.29) is 11.9 Å². The first-order valence-electron chi connectivity index (χ1n) is 11.6. The fraction of sp³-hybridized carbons (Fsp3) is 0.296. The standard InChI is InChI=1S/C27H29N3O2S2/c1-5-14-32-22-12-13-23(18(3)15-22)25-20(17-29(28-25)21-10-8-7-9-11-21)16-24-26(31)30(19(4)6-2)27(33)34-24/h7-13,15-17,19H,5-6,14H2,1-4H3/b24-16+. The largest absolute Gasteiger partial charge is 0.494 e. The van der Waals surface area contributed by atoms with Crippen molar-refractivity contribution in [3.63, 3.8) is 0 Å². The van der Waals surface area contributed by atoms with Crippen LogP contribution < -0.4 is 4.74 Å². The fourth-order valence-electron chi connectivity index (χ4n) is 3.81. The maximum absolute atomic E-state index is 13.2. The van der Waals surface area contributed by atoms with Crippen LogP contribution in [0.4, 0.5) is 0 Å². The minimum absolute atomic E-state index is 0.0391. The molecule has 0 aliphatic carbocycles. The minimum Gasteiger partial charge on any atom is -0.494 e. The molecule has 1 aromatic heterocycles. The first-order chi connectivity index (χ1) is 16.4. The minimum atomic E-state index is -0.0391. The van der Waals surface area contributed by atoms with Crippen molar-refractivity contribution in [2.45, 2.75) is 46.6 Å². The molecule has 7 heteroatoms. The number of ether oxygens (including phenoxy) is 1. The van der Waals surface area contributed by atoms with Gasteiger partial charge in [-0.15, -0.1) is 0 Å². The third kappa shape index (κ3) is 4.95. The summed E-state index contributed by atoms with van der Waals surface area (Å²) in [5.74, 6) is 0.810. The van der Waals surface area contributed by atoms with Crippen LogP contribution in [-0.4, -0.2) is 37.6 Å². The summed E-state index contributed by atoms with van der Waals surface area (Å²) < 4.78 is 8.27. The zero-order valence-electron chi connectivity index (χ0n) is 19.9. The summed E-state index contributed by atoms with van der Waals surface area (Å²) in [4.78, 5) is 15.5. The van der Waals surface area contributed by atoms with Gasteiger partial charge in [0, 0.05) is 23.4 Å². The quantitative estimate of drug-likeness (QED) is 0.261. The molecule has 34 heavy (non-hydrogen) atoms. The van der Waals surface area contributed by atoms with Crippen molar-refractivity contribution in [1.82, 2.24) is 14.7 Å². The summed E-state index contributed by atoms with van der Waals surface area (Å²) in [6.45, 7) is 8.92. The maximum Gasteiger partial charge on any atom is 0.266 e. The molecule has 5 nitrogen and oxygen atoms in total. The zero-order valence-corrected chi connectivity index (χ0v) is 21.6. The van der Waals surface area contributed by atoms with Gasteiger partial charge in [-0.25, -0.2) is 4.68 Å². The summed E-state index contributed by atoms with van der Waals surface area (Å²) in [7, 11) is 0. The molecule has 4 rings (SSSR count). The van der Waals surface area contributed by atoms with Gasteiger partial charge in [0.05, 0.1) is 17.2 Å². The topological polar surface area (TPSA) is 47.4 Å². The Morgan fingerprint density at radius 3 is 2.62 bits per heavy atom. The number of aryl methyl sites for hydroxylation is 1. The number of carbonyl (C=O) groups excluding carboxylic acids is 1. The van der Waals surface area contributed by atoms with Gasteiger partial charge < -0.3 is 4.74 Å². The number of rotatable bonds is 8. The summed E-state index contributed by atoms with van der Waals surface area (Å²) >= 11 is 6.88. The molecule has 1 amide bonds. The lowest BCUT2D eigenvalue weighted by molar-refractivity contribution is -0.123. The zero-order chi connectivity index (χ0) is 24.2. The van der Waals surface area contributed by atoms with Crippen LogP contribution in [0.1, 0.15) is 44.7 Å². The van der Waals surface area contributed by atoms with Gasteiger partial charge in [0.15, 0.2) is 0 Å². The van der Waals surface area contributed by atoms with Gasteiger partial charge in [-0.3, -0.25) is 9.69 Å². The molecule has 2 aromatic carbocycles. The van der Waals surface area contributed by atoms with Crippen molar-refractivity contribution < 1.29 is 9.53 Å². The molecule has 1 saturated heterocycles. The van der Waals surface area contributed by atoms with Crippen LogP contribution in [0.5, 0.6) is 5.75 Å². The fourth-order valence-corrected chi connectivity index (χ4v) is 5.26. The summed E-state index contributed by atoms with van der Waals surface area (Å²) in [6.07, 6.45) is 5.70. The first-order valence-corrected chi connectivity index (χ1v) is 12.8. The van der Waals surface area contributed by atoms with Crippen molar-refractivity contribution in [2.75, 3.05) is 6.61 Å². The van der Waals surface area contributed by atoms with Crippen molar-refractivity contribution in [3.05, 3.63) is 70.8 Å². The molecule has 176 valence electrons. The van der Waals surface area contributed by atoms with Crippen molar-refractivity contribution in [3.8, 4) is 22.7 Å². The van der Waals surface area contributed by atoms with Gasteiger partial charge >= 0.3 is 0 Å². The van der Waals surface area contributed by atoms with E-state index in [0.29, 0.717) is 15.8 Å². The van der Waals surface area contributed by atoms with Gasteiger partial charge in [-0.2, -0.15) is 5.10 Å². The lowest BCUT2D eigenvalue weighted by Crippen LogP contribution is -2.36. The number of amides is 1. The SMILES string of the molecule is CCCOc1ccc(-c2nn(-c3ccccc3)cc2/C=C2/SC(=S)N(C(C)CC)C2=O)c(C)c1. The Labute approximate surface area is 210 Å². The Hall–Kier alpha value is -2.90. The van der Waals surface area contributed by atoms with E-state index in [9.17, 15) is 4.79 Å². The normalized spacial score (nSPS) is 15.9. The molecule has 0 saturated carbocycles. The van der Waals surface area contributed by atoms with E-state index in [2.05, 4.69) is 20.8 Å². The lowest BCUT2D eigenvalue weighted by Gasteiger charge is -2.21. The monoisotopic (exact) mass is 491 g/mol. The first kappa shape index (κ1) is 24.2. The second-order valence-corrected chi connectivity index (χ2v) is 10.0. The predicted octanol–water partition coefficient (Wildman–Crippen LogP) is 6.64. The Kier molecular flexibility index (Phi) is 7.54. The molecule has 1 atom stereocenters. The molecule has 0 N–H and O–H groups in total. The highest BCUT2D eigenvalue weighted by atomic mass is 32.2. The maximum atomic E-state index is 13.2. The van der Waals surface area contributed by atoms with Crippen LogP contribution in [0, 0.1) is 6.92 Å². The van der Waals surface area contributed by atoms with E-state index in [1.165, 1.54) is 11.8 Å². The number of benzene rings is 2. The number of hydrogen-bond acceptors (Lipinski definition) is 5. The van der Waals surface area contributed by atoms with Crippen LogP contribution in [0.15, 0.2) is 59.6 Å². The molecule has 1 fully saturated rings. The van der Waals surface area contributed by atoms with Gasteiger partial charge in [0.1, 0.15) is 15.8 Å². The van der Waals surface area contributed by atoms with E-state index in [1.807, 2.05) is 72.4 Å². The van der Waals surface area contributed by atoms with Crippen LogP contribution in [0.25, 0.3) is 23.0 Å². The Morgan fingerprint density at radius 1 is 1.18 bits per heavy atom. The molecule has 1 unspecified atom stereocenters. The number of thiocarbonyl (C=S) groups is 1. The van der Waals surface area contributed by atoms with Crippen molar-refractivity contribution in [1.29, 1.82) is 0 Å². The number of hydrogen-bond donors (Lipinski definition) is 0. The highest BCUT2D eigenvalue weighted by Gasteiger charge is 2.35. The van der Waals surface area contributed by atoms with Crippen LogP contribution in [-0.2, 0) is 4.79 Å². The van der Waals surface area contributed by atoms with E-state index in [4.69, 9.17) is 22.1 Å². The van der Waals surface area contributed by atoms with Crippen molar-refractivity contribution in [2.24, 2.45) is 0 Å². The second-order valence-electron chi connectivity index (χ2n) is 8.35. The number of aromatic nitrogens is 2. The number of thioether (sulfide) groups is 1. The number of para-hydroxylation sites is 1. The average molecular weight is 492 g/mol. The van der Waals surface area contributed by atoms with Gasteiger partial charge in [0.2, 0.25) is 0 Å². The lowest BCUT2D eigenvalue weighted by atomic mass is 10.0. The Balaban J connectivity index is 1.78. The second kappa shape index (κ2) is 10.6. The van der Waals surface area contributed by atoms with Crippen molar-refractivity contribution >= 4 is 40.3 Å². The molecule has 2 heterocycles. The molecule has 0 bridgehead atoms. The molecular weight excluding hydrogens is 462 g/mol. The highest BCUT2D eigenvalue weighted by Crippen LogP contribution is 2.37. The smallest absolute Gasteiger partial charge is 0.266 e. The molecule has 3 aromatic rings. The third-order valence-electron chi connectivity index (χ3n) is 5.83.